The summed E-state index contributed by atoms with van der Waals surface area (Å²) in [5.41, 5.74) is 7.54. The standard InChI is InChI=1S/C12H18N2O3S/c1-7-5-8(2)11(9(3)6-7)18(16,17)14-12(15)10(4)13/h5-6,10H,13H2,1-4H3,(H,14,15)/t10-/m0/s1. The van der Waals surface area contributed by atoms with Crippen molar-refractivity contribution in [3.63, 3.8) is 0 Å². The van der Waals surface area contributed by atoms with E-state index in [-0.39, 0.29) is 4.90 Å². The van der Waals surface area contributed by atoms with E-state index < -0.39 is 22.0 Å². The Hall–Kier alpha value is -1.40. The summed E-state index contributed by atoms with van der Waals surface area (Å²) >= 11 is 0. The average Bonchev–Trinajstić information content (AvgIpc) is 2.13. The molecular weight excluding hydrogens is 252 g/mol. The second kappa shape index (κ2) is 5.07. The number of hydrogen-bond donors (Lipinski definition) is 2. The molecule has 1 aromatic carbocycles. The molecule has 6 heteroatoms. The van der Waals surface area contributed by atoms with Crippen molar-refractivity contribution < 1.29 is 13.2 Å². The van der Waals surface area contributed by atoms with Gasteiger partial charge in [0.25, 0.3) is 10.0 Å². The lowest BCUT2D eigenvalue weighted by Gasteiger charge is -2.14. The quantitative estimate of drug-likeness (QED) is 0.848. The molecule has 0 radical (unpaired) electrons. The van der Waals surface area contributed by atoms with Crippen molar-refractivity contribution in [3.8, 4) is 0 Å². The van der Waals surface area contributed by atoms with Crippen LogP contribution in [0, 0.1) is 20.8 Å². The van der Waals surface area contributed by atoms with E-state index in [0.29, 0.717) is 11.1 Å². The van der Waals surface area contributed by atoms with Crippen LogP contribution in [0.1, 0.15) is 23.6 Å². The molecule has 0 unspecified atom stereocenters. The first kappa shape index (κ1) is 14.7. The number of hydrogen-bond acceptors (Lipinski definition) is 4. The molecule has 100 valence electrons. The van der Waals surface area contributed by atoms with Crippen LogP contribution in [-0.2, 0) is 14.8 Å². The molecule has 0 aliphatic rings. The van der Waals surface area contributed by atoms with Crippen LogP contribution < -0.4 is 10.5 Å². The zero-order valence-corrected chi connectivity index (χ0v) is 11.8. The molecule has 0 aromatic heterocycles. The van der Waals surface area contributed by atoms with E-state index in [2.05, 4.69) is 0 Å². The molecule has 1 amide bonds. The maximum absolute atomic E-state index is 12.1. The van der Waals surface area contributed by atoms with Crippen molar-refractivity contribution in [1.82, 2.24) is 4.72 Å². The van der Waals surface area contributed by atoms with Crippen LogP contribution in [-0.4, -0.2) is 20.4 Å². The SMILES string of the molecule is Cc1cc(C)c(S(=O)(=O)NC(=O)[C@H](C)N)c(C)c1. The normalized spacial score (nSPS) is 13.2. The fraction of sp³-hybridized carbons (Fsp3) is 0.417. The van der Waals surface area contributed by atoms with Crippen LogP contribution in [0.25, 0.3) is 0 Å². The summed E-state index contributed by atoms with van der Waals surface area (Å²) in [6, 6.07) is 2.65. The average molecular weight is 270 g/mol. The van der Waals surface area contributed by atoms with Gasteiger partial charge in [-0.05, 0) is 38.8 Å². The topological polar surface area (TPSA) is 89.3 Å². The van der Waals surface area contributed by atoms with E-state index >= 15 is 0 Å². The molecule has 0 spiro atoms. The van der Waals surface area contributed by atoms with Gasteiger partial charge in [-0.25, -0.2) is 13.1 Å². The summed E-state index contributed by atoms with van der Waals surface area (Å²) in [5, 5.41) is 0. The largest absolute Gasteiger partial charge is 0.320 e. The number of sulfonamides is 1. The number of carbonyl (C=O) groups is 1. The molecule has 1 rings (SSSR count). The van der Waals surface area contributed by atoms with Gasteiger partial charge in [-0.3, -0.25) is 4.79 Å². The summed E-state index contributed by atoms with van der Waals surface area (Å²) in [7, 11) is -3.86. The van der Waals surface area contributed by atoms with Crippen molar-refractivity contribution >= 4 is 15.9 Å². The van der Waals surface area contributed by atoms with Crippen LogP contribution in [0.4, 0.5) is 0 Å². The van der Waals surface area contributed by atoms with Crippen molar-refractivity contribution in [2.75, 3.05) is 0 Å². The van der Waals surface area contributed by atoms with Crippen LogP contribution in [0.5, 0.6) is 0 Å². The van der Waals surface area contributed by atoms with Crippen LogP contribution >= 0.6 is 0 Å². The van der Waals surface area contributed by atoms with E-state index in [9.17, 15) is 13.2 Å². The Bertz CT molecular complexity index is 554. The molecular formula is C12H18N2O3S. The maximum Gasteiger partial charge on any atom is 0.264 e. The molecule has 18 heavy (non-hydrogen) atoms. The molecule has 3 N–H and O–H groups in total. The van der Waals surface area contributed by atoms with Gasteiger partial charge in [0, 0.05) is 0 Å². The van der Waals surface area contributed by atoms with E-state index in [1.807, 2.05) is 11.6 Å². The molecule has 1 aromatic rings. The summed E-state index contributed by atoms with van der Waals surface area (Å²) < 4.78 is 26.2. The highest BCUT2D eigenvalue weighted by Gasteiger charge is 2.23. The minimum absolute atomic E-state index is 0.141. The third-order valence-corrected chi connectivity index (χ3v) is 4.17. The maximum atomic E-state index is 12.1. The number of benzene rings is 1. The van der Waals surface area contributed by atoms with E-state index in [0.717, 1.165) is 5.56 Å². The van der Waals surface area contributed by atoms with E-state index in [1.165, 1.54) is 6.92 Å². The highest BCUT2D eigenvalue weighted by Crippen LogP contribution is 2.21. The highest BCUT2D eigenvalue weighted by atomic mass is 32.2. The smallest absolute Gasteiger partial charge is 0.264 e. The van der Waals surface area contributed by atoms with Gasteiger partial charge in [-0.2, -0.15) is 0 Å². The van der Waals surface area contributed by atoms with Crippen molar-refractivity contribution in [2.24, 2.45) is 5.73 Å². The summed E-state index contributed by atoms with van der Waals surface area (Å²) in [6.45, 7) is 6.71. The summed E-state index contributed by atoms with van der Waals surface area (Å²) in [5.74, 6) is -0.714. The second-order valence-electron chi connectivity index (χ2n) is 4.49. The molecule has 5 nitrogen and oxygen atoms in total. The second-order valence-corrected chi connectivity index (χ2v) is 6.11. The van der Waals surface area contributed by atoms with Gasteiger partial charge in [-0.15, -0.1) is 0 Å². The first-order valence-electron chi connectivity index (χ1n) is 5.55. The first-order chi connectivity index (χ1) is 8.15. The molecule has 0 saturated carbocycles. The Kier molecular flexibility index (Phi) is 4.13. The lowest BCUT2D eigenvalue weighted by molar-refractivity contribution is -0.120. The van der Waals surface area contributed by atoms with Gasteiger partial charge in [0.15, 0.2) is 0 Å². The van der Waals surface area contributed by atoms with Crippen molar-refractivity contribution in [3.05, 3.63) is 28.8 Å². The van der Waals surface area contributed by atoms with Crippen LogP contribution in [0.3, 0.4) is 0 Å². The van der Waals surface area contributed by atoms with Gasteiger partial charge < -0.3 is 5.73 Å². The molecule has 0 aliphatic heterocycles. The van der Waals surface area contributed by atoms with Gasteiger partial charge in [-0.1, -0.05) is 17.7 Å². The minimum Gasteiger partial charge on any atom is -0.320 e. The molecule has 0 heterocycles. The van der Waals surface area contributed by atoms with Gasteiger partial charge >= 0.3 is 0 Å². The van der Waals surface area contributed by atoms with Crippen molar-refractivity contribution in [1.29, 1.82) is 0 Å². The van der Waals surface area contributed by atoms with Crippen LogP contribution in [0.15, 0.2) is 17.0 Å². The number of aryl methyl sites for hydroxylation is 3. The molecule has 0 aliphatic carbocycles. The minimum atomic E-state index is -3.86. The van der Waals surface area contributed by atoms with Gasteiger partial charge in [0.1, 0.15) is 0 Å². The van der Waals surface area contributed by atoms with Gasteiger partial charge in [0.05, 0.1) is 10.9 Å². The first-order valence-corrected chi connectivity index (χ1v) is 7.03. The Labute approximate surface area is 107 Å². The Morgan fingerprint density at radius 1 is 1.22 bits per heavy atom. The van der Waals surface area contributed by atoms with Crippen LogP contribution in [0.2, 0.25) is 0 Å². The van der Waals surface area contributed by atoms with Gasteiger partial charge in [0.2, 0.25) is 5.91 Å². The number of amides is 1. The molecule has 0 saturated heterocycles. The highest BCUT2D eigenvalue weighted by molar-refractivity contribution is 7.90. The Balaban J connectivity index is 3.26. The summed E-state index contributed by atoms with van der Waals surface area (Å²) in [6.07, 6.45) is 0. The fourth-order valence-electron chi connectivity index (χ4n) is 1.87. The third kappa shape index (κ3) is 3.08. The molecule has 1 atom stereocenters. The number of nitrogens with one attached hydrogen (secondary N) is 1. The molecule has 0 bridgehead atoms. The Morgan fingerprint density at radius 2 is 1.67 bits per heavy atom. The van der Waals surface area contributed by atoms with E-state index in [1.54, 1.807) is 26.0 Å². The van der Waals surface area contributed by atoms with Crippen molar-refractivity contribution in [2.45, 2.75) is 38.6 Å². The van der Waals surface area contributed by atoms with E-state index in [4.69, 9.17) is 5.73 Å². The lowest BCUT2D eigenvalue weighted by Crippen LogP contribution is -2.41. The monoisotopic (exact) mass is 270 g/mol. The summed E-state index contributed by atoms with van der Waals surface area (Å²) in [4.78, 5) is 11.5. The zero-order valence-electron chi connectivity index (χ0n) is 10.9. The predicted octanol–water partition coefficient (Wildman–Crippen LogP) is 0.764. The number of carbonyl (C=O) groups excluding carboxylic acids is 1. The third-order valence-electron chi connectivity index (χ3n) is 2.52. The zero-order chi connectivity index (χ0) is 14.1. The Morgan fingerprint density at radius 3 is 2.06 bits per heavy atom. The fourth-order valence-corrected chi connectivity index (χ4v) is 3.39. The predicted molar refractivity (Wildman–Crippen MR) is 69.6 cm³/mol. The lowest BCUT2D eigenvalue weighted by atomic mass is 10.1. The number of rotatable bonds is 3. The number of nitrogens with two attached hydrogens (primary N) is 1. The molecule has 0 fully saturated rings.